The summed E-state index contributed by atoms with van der Waals surface area (Å²) >= 11 is 7.42. The van der Waals surface area contributed by atoms with Crippen LogP contribution in [-0.4, -0.2) is 24.0 Å². The van der Waals surface area contributed by atoms with Crippen LogP contribution in [0.3, 0.4) is 0 Å². The van der Waals surface area contributed by atoms with Crippen molar-refractivity contribution in [1.82, 2.24) is 10.3 Å². The number of carbonyl (C=O) groups is 1. The molecular weight excluding hydrogens is 294 g/mol. The van der Waals surface area contributed by atoms with Crippen LogP contribution < -0.4 is 10.6 Å². The average Bonchev–Trinajstić information content (AvgIpc) is 2.81. The highest BCUT2D eigenvalue weighted by atomic mass is 35.5. The third-order valence-electron chi connectivity index (χ3n) is 3.83. The summed E-state index contributed by atoms with van der Waals surface area (Å²) in [4.78, 5) is 16.9. The molecule has 0 saturated carbocycles. The van der Waals surface area contributed by atoms with Gasteiger partial charge in [0.2, 0.25) is 5.91 Å². The molecule has 0 spiro atoms. The smallest absolute Gasteiger partial charge is 0.232 e. The number of thiazole rings is 1. The number of halogens is 1. The SMILES string of the molecule is CC1(C(=O)Nc2nc3ccc(Cl)cc3s2)CCNCC1. The van der Waals surface area contributed by atoms with E-state index in [-0.39, 0.29) is 11.3 Å². The molecule has 1 fully saturated rings. The molecule has 2 heterocycles. The van der Waals surface area contributed by atoms with Crippen molar-refractivity contribution in [3.8, 4) is 0 Å². The number of aromatic nitrogens is 1. The second-order valence-electron chi connectivity index (χ2n) is 5.40. The highest BCUT2D eigenvalue weighted by Crippen LogP contribution is 2.32. The minimum Gasteiger partial charge on any atom is -0.317 e. The van der Waals surface area contributed by atoms with Gasteiger partial charge in [-0.05, 0) is 44.1 Å². The fourth-order valence-electron chi connectivity index (χ4n) is 2.41. The third-order valence-corrected chi connectivity index (χ3v) is 4.99. The van der Waals surface area contributed by atoms with Crippen molar-refractivity contribution >= 4 is 44.2 Å². The van der Waals surface area contributed by atoms with Crippen LogP contribution in [0, 0.1) is 5.41 Å². The Hall–Kier alpha value is -1.17. The quantitative estimate of drug-likeness (QED) is 0.895. The first-order valence-electron chi connectivity index (χ1n) is 6.65. The molecule has 1 aliphatic heterocycles. The Labute approximate surface area is 126 Å². The van der Waals surface area contributed by atoms with Gasteiger partial charge in [-0.15, -0.1) is 0 Å². The van der Waals surface area contributed by atoms with E-state index in [4.69, 9.17) is 11.6 Å². The topological polar surface area (TPSA) is 54.0 Å². The van der Waals surface area contributed by atoms with E-state index >= 15 is 0 Å². The zero-order chi connectivity index (χ0) is 14.2. The first-order chi connectivity index (χ1) is 9.57. The van der Waals surface area contributed by atoms with Crippen LogP contribution in [0.1, 0.15) is 19.8 Å². The van der Waals surface area contributed by atoms with Crippen LogP contribution in [0.5, 0.6) is 0 Å². The molecule has 0 aliphatic carbocycles. The van der Waals surface area contributed by atoms with Crippen molar-refractivity contribution in [1.29, 1.82) is 0 Å². The van der Waals surface area contributed by atoms with E-state index < -0.39 is 0 Å². The lowest BCUT2D eigenvalue weighted by Gasteiger charge is -2.32. The number of piperidine rings is 1. The number of hydrogen-bond donors (Lipinski definition) is 2. The summed E-state index contributed by atoms with van der Waals surface area (Å²) in [5.74, 6) is 0.0594. The largest absolute Gasteiger partial charge is 0.317 e. The van der Waals surface area contributed by atoms with E-state index in [2.05, 4.69) is 15.6 Å². The molecule has 1 aromatic heterocycles. The zero-order valence-corrected chi connectivity index (χ0v) is 12.8. The Bertz CT molecular complexity index is 649. The van der Waals surface area contributed by atoms with Crippen molar-refractivity contribution in [3.05, 3.63) is 23.2 Å². The van der Waals surface area contributed by atoms with E-state index in [9.17, 15) is 4.79 Å². The molecule has 6 heteroatoms. The molecule has 0 unspecified atom stereocenters. The summed E-state index contributed by atoms with van der Waals surface area (Å²) in [5, 5.41) is 7.57. The molecule has 0 bridgehead atoms. The number of nitrogens with zero attached hydrogens (tertiary/aromatic N) is 1. The predicted molar refractivity (Wildman–Crippen MR) is 83.5 cm³/mol. The first-order valence-corrected chi connectivity index (χ1v) is 7.85. The van der Waals surface area contributed by atoms with Crippen molar-refractivity contribution in [2.75, 3.05) is 18.4 Å². The fourth-order valence-corrected chi connectivity index (χ4v) is 3.54. The van der Waals surface area contributed by atoms with Gasteiger partial charge >= 0.3 is 0 Å². The number of hydrogen-bond acceptors (Lipinski definition) is 4. The molecule has 1 aliphatic rings. The maximum atomic E-state index is 12.4. The van der Waals surface area contributed by atoms with Gasteiger partial charge in [-0.25, -0.2) is 4.98 Å². The Kier molecular flexibility index (Phi) is 3.67. The number of rotatable bonds is 2. The van der Waals surface area contributed by atoms with Gasteiger partial charge in [-0.3, -0.25) is 4.79 Å². The molecular formula is C14H16ClN3OS. The maximum absolute atomic E-state index is 12.4. The van der Waals surface area contributed by atoms with Crippen LogP contribution in [0.2, 0.25) is 5.02 Å². The summed E-state index contributed by atoms with van der Waals surface area (Å²) < 4.78 is 0.989. The number of carbonyl (C=O) groups excluding carboxylic acids is 1. The normalized spacial score (nSPS) is 18.1. The molecule has 0 radical (unpaired) electrons. The monoisotopic (exact) mass is 309 g/mol. The lowest BCUT2D eigenvalue weighted by molar-refractivity contribution is -0.126. The van der Waals surface area contributed by atoms with Gasteiger partial charge in [0.1, 0.15) is 0 Å². The Balaban J connectivity index is 1.80. The lowest BCUT2D eigenvalue weighted by Crippen LogP contribution is -2.42. The van der Waals surface area contributed by atoms with Gasteiger partial charge in [-0.1, -0.05) is 29.9 Å². The highest BCUT2D eigenvalue weighted by Gasteiger charge is 2.34. The van der Waals surface area contributed by atoms with E-state index in [0.29, 0.717) is 10.2 Å². The van der Waals surface area contributed by atoms with Crippen molar-refractivity contribution < 1.29 is 4.79 Å². The van der Waals surface area contributed by atoms with Crippen molar-refractivity contribution in [2.24, 2.45) is 5.41 Å². The predicted octanol–water partition coefficient (Wildman–Crippen LogP) is 3.28. The van der Waals surface area contributed by atoms with Gasteiger partial charge in [0.25, 0.3) is 0 Å². The number of amides is 1. The Morgan fingerprint density at radius 1 is 1.45 bits per heavy atom. The lowest BCUT2D eigenvalue weighted by atomic mass is 9.80. The number of anilines is 1. The highest BCUT2D eigenvalue weighted by molar-refractivity contribution is 7.22. The molecule has 1 saturated heterocycles. The van der Waals surface area contributed by atoms with Crippen LogP contribution in [0.15, 0.2) is 18.2 Å². The van der Waals surface area contributed by atoms with E-state index in [1.165, 1.54) is 11.3 Å². The molecule has 106 valence electrons. The average molecular weight is 310 g/mol. The zero-order valence-electron chi connectivity index (χ0n) is 11.2. The minimum absolute atomic E-state index is 0.0594. The molecule has 0 atom stereocenters. The van der Waals surface area contributed by atoms with Gasteiger partial charge in [-0.2, -0.15) is 0 Å². The van der Waals surface area contributed by atoms with E-state index in [1.54, 1.807) is 0 Å². The van der Waals surface area contributed by atoms with Crippen molar-refractivity contribution in [3.63, 3.8) is 0 Å². The van der Waals surface area contributed by atoms with Crippen LogP contribution in [-0.2, 0) is 4.79 Å². The minimum atomic E-state index is -0.305. The Morgan fingerprint density at radius 2 is 2.20 bits per heavy atom. The third kappa shape index (κ3) is 2.66. The van der Waals surface area contributed by atoms with E-state index in [0.717, 1.165) is 36.1 Å². The van der Waals surface area contributed by atoms with Gasteiger partial charge in [0.05, 0.1) is 10.2 Å². The van der Waals surface area contributed by atoms with Crippen LogP contribution in [0.4, 0.5) is 5.13 Å². The first kappa shape index (κ1) is 13.8. The molecule has 20 heavy (non-hydrogen) atoms. The number of fused-ring (bicyclic) bond motifs is 1. The standard InChI is InChI=1S/C14H16ClN3OS/c1-14(4-6-16-7-5-14)12(19)18-13-17-10-3-2-9(15)8-11(10)20-13/h2-3,8,16H,4-7H2,1H3,(H,17,18,19). The van der Waals surface area contributed by atoms with Gasteiger partial charge in [0, 0.05) is 10.4 Å². The molecule has 3 rings (SSSR count). The maximum Gasteiger partial charge on any atom is 0.232 e. The molecule has 2 N–H and O–H groups in total. The summed E-state index contributed by atoms with van der Waals surface area (Å²) in [7, 11) is 0. The summed E-state index contributed by atoms with van der Waals surface area (Å²) in [6.07, 6.45) is 1.71. The Morgan fingerprint density at radius 3 is 2.95 bits per heavy atom. The van der Waals surface area contributed by atoms with E-state index in [1.807, 2.05) is 25.1 Å². The fraction of sp³-hybridized carbons (Fsp3) is 0.429. The number of nitrogens with one attached hydrogen (secondary N) is 2. The second-order valence-corrected chi connectivity index (χ2v) is 6.86. The molecule has 1 aromatic carbocycles. The molecule has 1 amide bonds. The van der Waals surface area contributed by atoms with Gasteiger partial charge < -0.3 is 10.6 Å². The molecule has 4 nitrogen and oxygen atoms in total. The number of benzene rings is 1. The summed E-state index contributed by atoms with van der Waals surface area (Å²) in [5.41, 5.74) is 0.561. The second kappa shape index (κ2) is 5.31. The van der Waals surface area contributed by atoms with Crippen LogP contribution >= 0.6 is 22.9 Å². The molecule has 2 aromatic rings. The summed E-state index contributed by atoms with van der Waals surface area (Å²) in [6, 6.07) is 5.55. The van der Waals surface area contributed by atoms with Gasteiger partial charge in [0.15, 0.2) is 5.13 Å². The van der Waals surface area contributed by atoms with Crippen molar-refractivity contribution in [2.45, 2.75) is 19.8 Å². The summed E-state index contributed by atoms with van der Waals surface area (Å²) in [6.45, 7) is 3.80. The van der Waals surface area contributed by atoms with Crippen LogP contribution in [0.25, 0.3) is 10.2 Å².